The molecule has 5 heteroatoms. The third kappa shape index (κ3) is 3.86. The molecule has 1 unspecified atom stereocenters. The second kappa shape index (κ2) is 7.22. The second-order valence-electron chi connectivity index (χ2n) is 5.97. The lowest BCUT2D eigenvalue weighted by atomic mass is 9.96. The monoisotopic (exact) mass is 310 g/mol. The Balaban J connectivity index is 1.61. The molecule has 0 bridgehead atoms. The van der Waals surface area contributed by atoms with Crippen LogP contribution in [-0.4, -0.2) is 29.0 Å². The molecular weight excluding hydrogens is 288 g/mol. The molecule has 2 atom stereocenters. The number of benzene rings is 1. The fourth-order valence-electron chi connectivity index (χ4n) is 2.98. The molecule has 1 fully saturated rings. The number of aromatic nitrogens is 2. The summed E-state index contributed by atoms with van der Waals surface area (Å²) < 4.78 is 0. The lowest BCUT2D eigenvalue weighted by Crippen LogP contribution is -2.44. The molecule has 0 spiro atoms. The second-order valence-corrected chi connectivity index (χ2v) is 5.97. The molecule has 0 radical (unpaired) electrons. The number of nitrogens with one attached hydrogen (secondary N) is 1. The lowest BCUT2D eigenvalue weighted by molar-refractivity contribution is -0.125. The van der Waals surface area contributed by atoms with Gasteiger partial charge in [-0.2, -0.15) is 0 Å². The van der Waals surface area contributed by atoms with Crippen LogP contribution in [0.5, 0.6) is 0 Å². The molecule has 0 saturated carbocycles. The van der Waals surface area contributed by atoms with E-state index in [1.54, 1.807) is 18.5 Å². The van der Waals surface area contributed by atoms with Gasteiger partial charge in [0.25, 0.3) is 0 Å². The molecule has 1 amide bonds. The zero-order valence-corrected chi connectivity index (χ0v) is 13.4. The Morgan fingerprint density at radius 2 is 1.96 bits per heavy atom. The minimum atomic E-state index is -0.0151. The number of anilines is 1. The van der Waals surface area contributed by atoms with Crippen LogP contribution in [0.4, 0.5) is 5.95 Å². The van der Waals surface area contributed by atoms with E-state index in [9.17, 15) is 4.79 Å². The zero-order valence-electron chi connectivity index (χ0n) is 13.4. The Morgan fingerprint density at radius 1 is 1.22 bits per heavy atom. The van der Waals surface area contributed by atoms with E-state index >= 15 is 0 Å². The van der Waals surface area contributed by atoms with Crippen molar-refractivity contribution >= 4 is 11.9 Å². The maximum atomic E-state index is 12.6. The quantitative estimate of drug-likeness (QED) is 0.943. The van der Waals surface area contributed by atoms with Gasteiger partial charge in [-0.1, -0.05) is 30.3 Å². The van der Waals surface area contributed by atoms with Gasteiger partial charge in [-0.25, -0.2) is 9.97 Å². The molecule has 1 aliphatic rings. The standard InChI is InChI=1S/C18H22N4O/c1-14(15-7-3-2-4-8-15)21-17(23)16-9-5-12-22(13-16)18-19-10-6-11-20-18/h2-4,6-8,10-11,14,16H,5,9,12-13H2,1H3,(H,21,23)/t14-,16?/m0/s1. The maximum absolute atomic E-state index is 12.6. The van der Waals surface area contributed by atoms with Gasteiger partial charge in [0.1, 0.15) is 0 Å². The predicted octanol–water partition coefficient (Wildman–Crippen LogP) is 2.57. The Labute approximate surface area is 136 Å². The van der Waals surface area contributed by atoms with Crippen LogP contribution in [0.1, 0.15) is 31.4 Å². The van der Waals surface area contributed by atoms with Crippen LogP contribution in [0.25, 0.3) is 0 Å². The molecule has 1 N–H and O–H groups in total. The van der Waals surface area contributed by atoms with E-state index in [0.717, 1.165) is 24.9 Å². The fourth-order valence-corrected chi connectivity index (χ4v) is 2.98. The molecule has 120 valence electrons. The van der Waals surface area contributed by atoms with Crippen molar-refractivity contribution in [1.82, 2.24) is 15.3 Å². The first kappa shape index (κ1) is 15.5. The first-order valence-electron chi connectivity index (χ1n) is 8.11. The number of carbonyl (C=O) groups excluding carboxylic acids is 1. The lowest BCUT2D eigenvalue weighted by Gasteiger charge is -2.32. The highest BCUT2D eigenvalue weighted by Gasteiger charge is 2.27. The fraction of sp³-hybridized carbons (Fsp3) is 0.389. The molecule has 1 aliphatic heterocycles. The number of hydrogen-bond donors (Lipinski definition) is 1. The Kier molecular flexibility index (Phi) is 4.86. The van der Waals surface area contributed by atoms with Crippen molar-refractivity contribution in [2.45, 2.75) is 25.8 Å². The Morgan fingerprint density at radius 3 is 2.70 bits per heavy atom. The number of nitrogens with zero attached hydrogens (tertiary/aromatic N) is 3. The van der Waals surface area contributed by atoms with E-state index in [0.29, 0.717) is 12.5 Å². The van der Waals surface area contributed by atoms with Gasteiger partial charge < -0.3 is 10.2 Å². The summed E-state index contributed by atoms with van der Waals surface area (Å²) in [5.41, 5.74) is 1.12. The largest absolute Gasteiger partial charge is 0.349 e. The highest BCUT2D eigenvalue weighted by atomic mass is 16.2. The molecule has 1 aromatic carbocycles. The van der Waals surface area contributed by atoms with Gasteiger partial charge in [0.2, 0.25) is 11.9 Å². The van der Waals surface area contributed by atoms with Gasteiger partial charge in [0.05, 0.1) is 12.0 Å². The molecular formula is C18H22N4O. The van der Waals surface area contributed by atoms with Crippen LogP contribution >= 0.6 is 0 Å². The van der Waals surface area contributed by atoms with Gasteiger partial charge in [-0.3, -0.25) is 4.79 Å². The van der Waals surface area contributed by atoms with E-state index in [4.69, 9.17) is 0 Å². The molecule has 1 saturated heterocycles. The highest BCUT2D eigenvalue weighted by Crippen LogP contribution is 2.21. The number of amides is 1. The summed E-state index contributed by atoms with van der Waals surface area (Å²) in [6, 6.07) is 11.9. The summed E-state index contributed by atoms with van der Waals surface area (Å²) in [7, 11) is 0. The number of piperidine rings is 1. The molecule has 5 nitrogen and oxygen atoms in total. The molecule has 2 heterocycles. The van der Waals surface area contributed by atoms with Gasteiger partial charge in [0, 0.05) is 25.5 Å². The summed E-state index contributed by atoms with van der Waals surface area (Å²) in [5, 5.41) is 3.13. The van der Waals surface area contributed by atoms with Crippen molar-refractivity contribution in [3.63, 3.8) is 0 Å². The first-order chi connectivity index (χ1) is 11.2. The van der Waals surface area contributed by atoms with Crippen LogP contribution in [0.2, 0.25) is 0 Å². The Bertz CT molecular complexity index is 632. The van der Waals surface area contributed by atoms with E-state index in [1.807, 2.05) is 37.3 Å². The first-order valence-corrected chi connectivity index (χ1v) is 8.11. The van der Waals surface area contributed by atoms with Gasteiger partial charge in [-0.15, -0.1) is 0 Å². The summed E-state index contributed by atoms with van der Waals surface area (Å²) in [5.74, 6) is 0.807. The van der Waals surface area contributed by atoms with Crippen LogP contribution < -0.4 is 10.2 Å². The Hall–Kier alpha value is -2.43. The number of hydrogen-bond acceptors (Lipinski definition) is 4. The van der Waals surface area contributed by atoms with Gasteiger partial charge >= 0.3 is 0 Å². The smallest absolute Gasteiger partial charge is 0.225 e. The van der Waals surface area contributed by atoms with Crippen LogP contribution in [-0.2, 0) is 4.79 Å². The number of carbonyl (C=O) groups is 1. The van der Waals surface area contributed by atoms with Crippen molar-refractivity contribution in [2.75, 3.05) is 18.0 Å². The average Bonchev–Trinajstić information content (AvgIpc) is 2.63. The zero-order chi connectivity index (χ0) is 16.1. The molecule has 2 aromatic rings. The average molecular weight is 310 g/mol. The summed E-state index contributed by atoms with van der Waals surface area (Å²) in [6.45, 7) is 3.60. The number of rotatable bonds is 4. The third-order valence-electron chi connectivity index (χ3n) is 4.29. The van der Waals surface area contributed by atoms with Crippen molar-refractivity contribution in [1.29, 1.82) is 0 Å². The van der Waals surface area contributed by atoms with Crippen LogP contribution in [0.3, 0.4) is 0 Å². The van der Waals surface area contributed by atoms with E-state index < -0.39 is 0 Å². The SMILES string of the molecule is C[C@H](NC(=O)C1CCCN(c2ncccn2)C1)c1ccccc1. The van der Waals surface area contributed by atoms with E-state index in [-0.39, 0.29) is 17.9 Å². The summed E-state index contributed by atoms with van der Waals surface area (Å²) in [6.07, 6.45) is 5.37. The van der Waals surface area contributed by atoms with Crippen LogP contribution in [0.15, 0.2) is 48.8 Å². The highest BCUT2D eigenvalue weighted by molar-refractivity contribution is 5.80. The molecule has 3 rings (SSSR count). The van der Waals surface area contributed by atoms with Gasteiger partial charge in [0.15, 0.2) is 0 Å². The van der Waals surface area contributed by atoms with E-state index in [2.05, 4.69) is 20.2 Å². The van der Waals surface area contributed by atoms with Crippen molar-refractivity contribution in [2.24, 2.45) is 5.92 Å². The van der Waals surface area contributed by atoms with Crippen molar-refractivity contribution in [3.05, 3.63) is 54.4 Å². The minimum Gasteiger partial charge on any atom is -0.349 e. The molecule has 23 heavy (non-hydrogen) atoms. The minimum absolute atomic E-state index is 0.0151. The topological polar surface area (TPSA) is 58.1 Å². The van der Waals surface area contributed by atoms with Crippen molar-refractivity contribution < 1.29 is 4.79 Å². The molecule has 1 aromatic heterocycles. The van der Waals surface area contributed by atoms with Crippen LogP contribution in [0, 0.1) is 5.92 Å². The summed E-state index contributed by atoms with van der Waals surface area (Å²) in [4.78, 5) is 23.3. The summed E-state index contributed by atoms with van der Waals surface area (Å²) >= 11 is 0. The van der Waals surface area contributed by atoms with Gasteiger partial charge in [-0.05, 0) is 31.4 Å². The predicted molar refractivity (Wildman–Crippen MR) is 90.0 cm³/mol. The van der Waals surface area contributed by atoms with Crippen molar-refractivity contribution in [3.8, 4) is 0 Å². The maximum Gasteiger partial charge on any atom is 0.225 e. The normalized spacial score (nSPS) is 19.2. The third-order valence-corrected chi connectivity index (χ3v) is 4.29. The van der Waals surface area contributed by atoms with E-state index in [1.165, 1.54) is 0 Å². The molecule has 0 aliphatic carbocycles.